The molecule has 0 aromatic heterocycles. The van der Waals surface area contributed by atoms with Gasteiger partial charge in [0.15, 0.2) is 0 Å². The van der Waals surface area contributed by atoms with Crippen LogP contribution in [0.3, 0.4) is 0 Å². The molecule has 3 rings (SSSR count). The van der Waals surface area contributed by atoms with E-state index < -0.39 is 35.3 Å². The maximum absolute atomic E-state index is 12.2. The summed E-state index contributed by atoms with van der Waals surface area (Å²) in [4.78, 5) is 36.2. The highest BCUT2D eigenvalue weighted by atomic mass is 16.6. The number of hydrogen-bond donors (Lipinski definition) is 0. The Labute approximate surface area is 196 Å². The second-order valence-electron chi connectivity index (χ2n) is 10.6. The Morgan fingerprint density at radius 2 is 1.76 bits per heavy atom. The Bertz CT molecular complexity index is 870. The Morgan fingerprint density at radius 3 is 2.33 bits per heavy atom. The lowest BCUT2D eigenvalue weighted by molar-refractivity contribution is -0.191. The van der Waals surface area contributed by atoms with Crippen molar-refractivity contribution in [1.82, 2.24) is 0 Å². The lowest BCUT2D eigenvalue weighted by Crippen LogP contribution is -2.57. The van der Waals surface area contributed by atoms with Crippen LogP contribution in [0.1, 0.15) is 74.7 Å². The predicted molar refractivity (Wildman–Crippen MR) is 122 cm³/mol. The summed E-state index contributed by atoms with van der Waals surface area (Å²) < 4.78 is 24.3. The van der Waals surface area contributed by atoms with Gasteiger partial charge in [-0.25, -0.2) is 0 Å². The smallest absolute Gasteiger partial charge is 0.303 e. The summed E-state index contributed by atoms with van der Waals surface area (Å²) in [5, 5.41) is 0. The van der Waals surface area contributed by atoms with Crippen LogP contribution in [0, 0.1) is 17.8 Å². The van der Waals surface area contributed by atoms with E-state index in [1.165, 1.54) is 26.3 Å². The van der Waals surface area contributed by atoms with Crippen LogP contribution in [-0.2, 0) is 33.3 Å². The SMILES string of the molecule is CC(=O)O[C@@H]1C=C(C)[C@H]2[C@@H]([C@H]1C(C)(C)OC(C)=O)[C@H]1O[C@@H]2C/C(C)=C\CC[C@@]1(C)OC(C)=O. The van der Waals surface area contributed by atoms with E-state index in [4.69, 9.17) is 18.9 Å². The van der Waals surface area contributed by atoms with Gasteiger partial charge < -0.3 is 18.9 Å². The molecule has 1 fully saturated rings. The van der Waals surface area contributed by atoms with Crippen LogP contribution in [0.2, 0.25) is 0 Å². The average Bonchev–Trinajstić information content (AvgIpc) is 3.00. The number of fused-ring (bicyclic) bond motifs is 5. The van der Waals surface area contributed by atoms with Crippen molar-refractivity contribution in [2.75, 3.05) is 0 Å². The van der Waals surface area contributed by atoms with Crippen LogP contribution in [0.4, 0.5) is 0 Å². The Morgan fingerprint density at radius 1 is 1.09 bits per heavy atom. The van der Waals surface area contributed by atoms with Crippen LogP contribution in [0.15, 0.2) is 23.3 Å². The van der Waals surface area contributed by atoms with Crippen LogP contribution < -0.4 is 0 Å². The minimum absolute atomic E-state index is 0.0120. The van der Waals surface area contributed by atoms with Crippen LogP contribution in [-0.4, -0.2) is 47.4 Å². The molecule has 0 unspecified atom stereocenters. The van der Waals surface area contributed by atoms with Crippen LogP contribution in [0.5, 0.6) is 0 Å². The first-order chi connectivity index (χ1) is 15.2. The molecule has 0 saturated carbocycles. The molecule has 7 nitrogen and oxygen atoms in total. The molecule has 0 amide bonds. The normalized spacial score (nSPS) is 37.8. The maximum atomic E-state index is 12.2. The van der Waals surface area contributed by atoms with Crippen molar-refractivity contribution in [3.8, 4) is 0 Å². The first kappa shape index (κ1) is 25.5. The van der Waals surface area contributed by atoms with Crippen molar-refractivity contribution in [1.29, 1.82) is 0 Å². The van der Waals surface area contributed by atoms with E-state index in [1.807, 2.05) is 33.8 Å². The fraction of sp³-hybridized carbons (Fsp3) is 0.731. The second-order valence-corrected chi connectivity index (χ2v) is 10.6. The number of carbonyl (C=O) groups excluding carboxylic acids is 3. The number of esters is 3. The molecule has 7 heteroatoms. The second kappa shape index (κ2) is 9.24. The highest BCUT2D eigenvalue weighted by Gasteiger charge is 2.62. The topological polar surface area (TPSA) is 88.1 Å². The molecule has 0 spiro atoms. The van der Waals surface area contributed by atoms with Gasteiger partial charge in [0, 0.05) is 38.5 Å². The molecule has 184 valence electrons. The molecular formula is C26H38O7. The van der Waals surface area contributed by atoms with E-state index in [2.05, 4.69) is 13.0 Å². The monoisotopic (exact) mass is 462 g/mol. The van der Waals surface area contributed by atoms with Crippen molar-refractivity contribution >= 4 is 17.9 Å². The molecule has 1 aliphatic carbocycles. The molecule has 0 aromatic carbocycles. The number of hydrogen-bond acceptors (Lipinski definition) is 7. The fourth-order valence-corrected chi connectivity index (χ4v) is 6.41. The summed E-state index contributed by atoms with van der Waals surface area (Å²) >= 11 is 0. The molecule has 0 aromatic rings. The number of allylic oxidation sites excluding steroid dienone is 1. The van der Waals surface area contributed by atoms with Gasteiger partial charge in [0.25, 0.3) is 0 Å². The van der Waals surface area contributed by atoms with E-state index in [9.17, 15) is 14.4 Å². The molecule has 0 N–H and O–H groups in total. The minimum Gasteiger partial charge on any atom is -0.459 e. The quantitative estimate of drug-likeness (QED) is 0.350. The van der Waals surface area contributed by atoms with Gasteiger partial charge in [-0.3, -0.25) is 14.4 Å². The van der Waals surface area contributed by atoms with Crippen molar-refractivity contribution in [2.24, 2.45) is 17.8 Å². The van der Waals surface area contributed by atoms with E-state index in [0.29, 0.717) is 6.42 Å². The zero-order valence-electron chi connectivity index (χ0n) is 21.1. The highest BCUT2D eigenvalue weighted by molar-refractivity contribution is 5.67. The standard InChI is InChI=1S/C26H38O7/c1-14-10-9-11-26(8,33-18(5)29)24-22-21(19(12-14)31-24)15(2)13-20(30-16(3)27)23(22)25(6,7)32-17(4)28/h10,13,19-24H,9,11-12H2,1-8H3/b14-10-/t19-,20-,21-,22+,23+,24-,26-/m1/s1. The van der Waals surface area contributed by atoms with Gasteiger partial charge in [-0.15, -0.1) is 0 Å². The molecule has 7 atom stereocenters. The lowest BCUT2D eigenvalue weighted by Gasteiger charge is -2.49. The largest absolute Gasteiger partial charge is 0.459 e. The van der Waals surface area contributed by atoms with E-state index in [1.54, 1.807) is 0 Å². The Balaban J connectivity index is 2.20. The number of carbonyl (C=O) groups is 3. The minimum atomic E-state index is -0.950. The zero-order valence-corrected chi connectivity index (χ0v) is 21.1. The lowest BCUT2D eigenvalue weighted by atomic mass is 9.60. The number of rotatable bonds is 4. The van der Waals surface area contributed by atoms with Crippen LogP contribution in [0.25, 0.3) is 0 Å². The summed E-state index contributed by atoms with van der Waals surface area (Å²) in [7, 11) is 0. The van der Waals surface area contributed by atoms with Crippen molar-refractivity contribution in [3.63, 3.8) is 0 Å². The van der Waals surface area contributed by atoms with Gasteiger partial charge in [0.2, 0.25) is 0 Å². The summed E-state index contributed by atoms with van der Waals surface area (Å²) in [6.45, 7) is 13.9. The van der Waals surface area contributed by atoms with E-state index in [-0.39, 0.29) is 29.8 Å². The molecule has 2 aliphatic heterocycles. The van der Waals surface area contributed by atoms with Crippen molar-refractivity contribution in [3.05, 3.63) is 23.3 Å². The Hall–Kier alpha value is -2.15. The molecule has 33 heavy (non-hydrogen) atoms. The molecule has 0 radical (unpaired) electrons. The van der Waals surface area contributed by atoms with Gasteiger partial charge in [-0.2, -0.15) is 0 Å². The average molecular weight is 463 g/mol. The Kier molecular flexibility index (Phi) is 7.13. The van der Waals surface area contributed by atoms with Crippen molar-refractivity contribution < 1.29 is 33.3 Å². The van der Waals surface area contributed by atoms with Gasteiger partial charge in [-0.05, 0) is 60.0 Å². The molecule has 1 saturated heterocycles. The van der Waals surface area contributed by atoms with E-state index >= 15 is 0 Å². The molecule has 3 aliphatic rings. The summed E-state index contributed by atoms with van der Waals surface area (Å²) in [6.07, 6.45) is 5.15. The summed E-state index contributed by atoms with van der Waals surface area (Å²) in [5.74, 6) is -1.73. The number of ether oxygens (including phenoxy) is 4. The third kappa shape index (κ3) is 5.18. The third-order valence-corrected chi connectivity index (χ3v) is 7.35. The molecule has 2 heterocycles. The summed E-state index contributed by atoms with van der Waals surface area (Å²) in [5.41, 5.74) is 0.479. The zero-order chi connectivity index (χ0) is 24.7. The van der Waals surface area contributed by atoms with Gasteiger partial charge in [-0.1, -0.05) is 17.2 Å². The summed E-state index contributed by atoms with van der Waals surface area (Å²) in [6, 6.07) is 0. The van der Waals surface area contributed by atoms with Crippen molar-refractivity contribution in [2.45, 2.75) is 104 Å². The highest BCUT2D eigenvalue weighted by Crippen LogP contribution is 2.55. The van der Waals surface area contributed by atoms with Crippen LogP contribution >= 0.6 is 0 Å². The molecular weight excluding hydrogens is 424 g/mol. The van der Waals surface area contributed by atoms with Gasteiger partial charge in [0.05, 0.1) is 6.10 Å². The van der Waals surface area contributed by atoms with Gasteiger partial charge in [0.1, 0.15) is 23.4 Å². The third-order valence-electron chi connectivity index (χ3n) is 7.35. The maximum Gasteiger partial charge on any atom is 0.303 e. The predicted octanol–water partition coefficient (Wildman–Crippen LogP) is 4.29. The first-order valence-electron chi connectivity index (χ1n) is 11.8. The first-order valence-corrected chi connectivity index (χ1v) is 11.8. The fourth-order valence-electron chi connectivity index (χ4n) is 6.41. The van der Waals surface area contributed by atoms with E-state index in [0.717, 1.165) is 18.4 Å². The molecule has 2 bridgehead atoms. The van der Waals surface area contributed by atoms with Gasteiger partial charge >= 0.3 is 17.9 Å².